The highest BCUT2D eigenvalue weighted by atomic mass is 16.7. The van der Waals surface area contributed by atoms with Crippen molar-refractivity contribution in [2.75, 3.05) is 6.79 Å². The molecule has 3 rings (SSSR count). The number of carboxylic acids is 1. The summed E-state index contributed by atoms with van der Waals surface area (Å²) in [6, 6.07) is 5.52. The van der Waals surface area contributed by atoms with Crippen molar-refractivity contribution in [1.29, 1.82) is 0 Å². The summed E-state index contributed by atoms with van der Waals surface area (Å²) in [6.07, 6.45) is 1.49. The molecule has 6 nitrogen and oxygen atoms in total. The van der Waals surface area contributed by atoms with Crippen molar-refractivity contribution in [3.05, 3.63) is 30.2 Å². The van der Waals surface area contributed by atoms with Crippen molar-refractivity contribution in [1.82, 2.24) is 9.97 Å². The normalized spacial score (nSPS) is 12.7. The summed E-state index contributed by atoms with van der Waals surface area (Å²) in [4.78, 5) is 17.6. The Morgan fingerprint density at radius 3 is 3.06 bits per heavy atom. The van der Waals surface area contributed by atoms with E-state index in [1.807, 2.05) is 18.2 Å². The average molecular weight is 246 g/mol. The molecule has 1 aliphatic heterocycles. The summed E-state index contributed by atoms with van der Waals surface area (Å²) in [5.41, 5.74) is 1.63. The number of aromatic nitrogens is 2. The van der Waals surface area contributed by atoms with Gasteiger partial charge >= 0.3 is 5.97 Å². The van der Waals surface area contributed by atoms with Crippen LogP contribution in [0.2, 0.25) is 0 Å². The lowest BCUT2D eigenvalue weighted by Crippen LogP contribution is -2.01. The van der Waals surface area contributed by atoms with Crippen LogP contribution in [0.3, 0.4) is 0 Å². The summed E-state index contributed by atoms with van der Waals surface area (Å²) in [5.74, 6) is 0.905. The first-order valence-electron chi connectivity index (χ1n) is 5.38. The monoisotopic (exact) mass is 246 g/mol. The zero-order valence-electron chi connectivity index (χ0n) is 9.34. The van der Waals surface area contributed by atoms with E-state index in [2.05, 4.69) is 9.97 Å². The highest BCUT2D eigenvalue weighted by Gasteiger charge is 2.15. The highest BCUT2D eigenvalue weighted by Crippen LogP contribution is 2.35. The van der Waals surface area contributed by atoms with E-state index in [0.717, 1.165) is 11.3 Å². The molecule has 0 saturated heterocycles. The molecule has 0 saturated carbocycles. The van der Waals surface area contributed by atoms with E-state index < -0.39 is 5.97 Å². The van der Waals surface area contributed by atoms with Crippen LogP contribution in [0.5, 0.6) is 11.5 Å². The number of imidazole rings is 1. The molecular formula is C12H10N2O4. The minimum atomic E-state index is -0.915. The molecule has 0 atom stereocenters. The summed E-state index contributed by atoms with van der Waals surface area (Å²) in [6.45, 7) is 0.228. The van der Waals surface area contributed by atoms with Gasteiger partial charge < -0.3 is 19.6 Å². The van der Waals surface area contributed by atoms with Crippen molar-refractivity contribution in [3.8, 4) is 22.8 Å². The molecule has 0 unspecified atom stereocenters. The minimum Gasteiger partial charge on any atom is -0.481 e. The molecule has 0 bridgehead atoms. The van der Waals surface area contributed by atoms with E-state index >= 15 is 0 Å². The molecule has 1 aromatic heterocycles. The maximum atomic E-state index is 10.6. The van der Waals surface area contributed by atoms with Crippen molar-refractivity contribution >= 4 is 5.97 Å². The second-order valence-electron chi connectivity index (χ2n) is 3.88. The average Bonchev–Trinajstić information content (AvgIpc) is 2.95. The molecule has 18 heavy (non-hydrogen) atoms. The largest absolute Gasteiger partial charge is 0.481 e. The fourth-order valence-electron chi connectivity index (χ4n) is 1.81. The molecule has 0 radical (unpaired) electrons. The Morgan fingerprint density at radius 2 is 2.22 bits per heavy atom. The number of ether oxygens (including phenoxy) is 2. The Hall–Kier alpha value is -2.50. The van der Waals surface area contributed by atoms with Crippen LogP contribution in [0.15, 0.2) is 24.4 Å². The van der Waals surface area contributed by atoms with Crippen LogP contribution in [-0.4, -0.2) is 27.8 Å². The Balaban J connectivity index is 1.90. The van der Waals surface area contributed by atoms with Crippen LogP contribution in [-0.2, 0) is 11.2 Å². The molecule has 2 aromatic rings. The number of hydrogen-bond donors (Lipinski definition) is 2. The molecule has 2 N–H and O–H groups in total. The molecule has 0 aliphatic carbocycles. The lowest BCUT2D eigenvalue weighted by atomic mass is 10.1. The molecule has 2 heterocycles. The summed E-state index contributed by atoms with van der Waals surface area (Å²) >= 11 is 0. The number of carboxylic acid groups (broad SMARTS) is 1. The Morgan fingerprint density at radius 1 is 1.39 bits per heavy atom. The van der Waals surface area contributed by atoms with E-state index in [4.69, 9.17) is 14.6 Å². The van der Waals surface area contributed by atoms with Crippen LogP contribution in [0, 0.1) is 0 Å². The smallest absolute Gasteiger partial charge is 0.311 e. The number of carbonyl (C=O) groups is 1. The molecule has 92 valence electrons. The predicted molar refractivity (Wildman–Crippen MR) is 61.5 cm³/mol. The van der Waals surface area contributed by atoms with Gasteiger partial charge in [0.25, 0.3) is 0 Å². The third-order valence-electron chi connectivity index (χ3n) is 2.63. The Kier molecular flexibility index (Phi) is 2.40. The molecule has 0 fully saturated rings. The second kappa shape index (κ2) is 4.06. The van der Waals surface area contributed by atoms with Crippen LogP contribution in [0.4, 0.5) is 0 Å². The zero-order chi connectivity index (χ0) is 12.5. The lowest BCUT2D eigenvalue weighted by Gasteiger charge is -2.00. The van der Waals surface area contributed by atoms with Gasteiger partial charge in [-0.3, -0.25) is 4.79 Å². The second-order valence-corrected chi connectivity index (χ2v) is 3.88. The van der Waals surface area contributed by atoms with E-state index in [0.29, 0.717) is 17.3 Å². The van der Waals surface area contributed by atoms with Crippen molar-refractivity contribution < 1.29 is 19.4 Å². The predicted octanol–water partition coefficient (Wildman–Crippen LogP) is 1.43. The summed E-state index contributed by atoms with van der Waals surface area (Å²) < 4.78 is 10.5. The molecular weight excluding hydrogens is 236 g/mol. The van der Waals surface area contributed by atoms with Gasteiger partial charge in [-0.1, -0.05) is 0 Å². The molecule has 0 amide bonds. The highest BCUT2D eigenvalue weighted by molar-refractivity contribution is 5.70. The van der Waals surface area contributed by atoms with E-state index in [1.54, 1.807) is 6.20 Å². The SMILES string of the molecule is O=C(O)Cc1ncc(-c2ccc3c(c2)OCO3)[nH]1. The molecule has 1 aromatic carbocycles. The topological polar surface area (TPSA) is 84.4 Å². The van der Waals surface area contributed by atoms with Gasteiger partial charge in [-0.05, 0) is 18.2 Å². The maximum absolute atomic E-state index is 10.6. The third-order valence-corrected chi connectivity index (χ3v) is 2.63. The number of H-pyrrole nitrogens is 1. The summed E-state index contributed by atoms with van der Waals surface area (Å²) in [7, 11) is 0. The van der Waals surface area contributed by atoms with E-state index in [-0.39, 0.29) is 13.2 Å². The number of nitrogens with zero attached hydrogens (tertiary/aromatic N) is 1. The number of rotatable bonds is 3. The van der Waals surface area contributed by atoms with Gasteiger partial charge in [-0.2, -0.15) is 0 Å². The van der Waals surface area contributed by atoms with E-state index in [9.17, 15) is 4.79 Å². The Bertz CT molecular complexity index is 606. The number of aliphatic carboxylic acids is 1. The number of benzene rings is 1. The number of nitrogens with one attached hydrogen (secondary N) is 1. The van der Waals surface area contributed by atoms with Crippen molar-refractivity contribution in [2.45, 2.75) is 6.42 Å². The molecule has 1 aliphatic rings. The van der Waals surface area contributed by atoms with Gasteiger partial charge in [-0.15, -0.1) is 0 Å². The maximum Gasteiger partial charge on any atom is 0.311 e. The van der Waals surface area contributed by atoms with Gasteiger partial charge in [0, 0.05) is 5.56 Å². The fourth-order valence-corrected chi connectivity index (χ4v) is 1.81. The first-order valence-corrected chi connectivity index (χ1v) is 5.38. The zero-order valence-corrected chi connectivity index (χ0v) is 9.34. The molecule has 6 heteroatoms. The van der Waals surface area contributed by atoms with Gasteiger partial charge in [0.15, 0.2) is 11.5 Å². The molecule has 0 spiro atoms. The lowest BCUT2D eigenvalue weighted by molar-refractivity contribution is -0.136. The van der Waals surface area contributed by atoms with Crippen molar-refractivity contribution in [3.63, 3.8) is 0 Å². The summed E-state index contributed by atoms with van der Waals surface area (Å²) in [5, 5.41) is 8.68. The first kappa shape index (κ1) is 10.6. The van der Waals surface area contributed by atoms with Crippen molar-refractivity contribution in [2.24, 2.45) is 0 Å². The van der Waals surface area contributed by atoms with Crippen LogP contribution >= 0.6 is 0 Å². The minimum absolute atomic E-state index is 0.120. The first-order chi connectivity index (χ1) is 8.72. The number of hydrogen-bond acceptors (Lipinski definition) is 4. The van der Waals surface area contributed by atoms with E-state index in [1.165, 1.54) is 0 Å². The van der Waals surface area contributed by atoms with Gasteiger partial charge in [0.1, 0.15) is 12.2 Å². The number of aromatic amines is 1. The number of fused-ring (bicyclic) bond motifs is 1. The van der Waals surface area contributed by atoms with Gasteiger partial charge in [0.05, 0.1) is 11.9 Å². The van der Waals surface area contributed by atoms with Gasteiger partial charge in [0.2, 0.25) is 6.79 Å². The third kappa shape index (κ3) is 1.88. The van der Waals surface area contributed by atoms with Crippen LogP contribution in [0.1, 0.15) is 5.82 Å². The quantitative estimate of drug-likeness (QED) is 0.855. The van der Waals surface area contributed by atoms with Gasteiger partial charge in [-0.25, -0.2) is 4.98 Å². The van der Waals surface area contributed by atoms with Crippen LogP contribution < -0.4 is 9.47 Å². The standard InChI is InChI=1S/C12H10N2O4/c15-12(16)4-11-13-5-8(14-11)7-1-2-9-10(3-7)18-6-17-9/h1-3,5H,4,6H2,(H,13,14)(H,15,16). The van der Waals surface area contributed by atoms with Crippen LogP contribution in [0.25, 0.3) is 11.3 Å². The Labute approximate surface area is 102 Å². The fraction of sp³-hybridized carbons (Fsp3) is 0.167.